The van der Waals surface area contributed by atoms with Gasteiger partial charge in [-0.25, -0.2) is 0 Å². The average Bonchev–Trinajstić information content (AvgIpc) is 2.35. The van der Waals surface area contributed by atoms with Crippen molar-refractivity contribution in [3.05, 3.63) is 12.3 Å². The van der Waals surface area contributed by atoms with Crippen LogP contribution in [0.15, 0.2) is 17.3 Å². The Hall–Kier alpha value is -0.790. The van der Waals surface area contributed by atoms with E-state index in [1.165, 1.54) is 0 Å². The maximum atomic E-state index is 4.30. The van der Waals surface area contributed by atoms with Crippen LogP contribution in [0.3, 0.4) is 0 Å². The predicted molar refractivity (Wildman–Crippen MR) is 37.5 cm³/mol. The number of rotatable bonds is 0. The molecule has 2 nitrogen and oxygen atoms in total. The molecule has 1 N–H and O–H groups in total. The molecule has 2 heteroatoms. The van der Waals surface area contributed by atoms with E-state index in [-0.39, 0.29) is 0 Å². The van der Waals surface area contributed by atoms with Crippen molar-refractivity contribution in [1.29, 1.82) is 0 Å². The summed E-state index contributed by atoms with van der Waals surface area (Å²) in [7, 11) is 0. The van der Waals surface area contributed by atoms with Gasteiger partial charge < -0.3 is 5.32 Å². The molecule has 9 heavy (non-hydrogen) atoms. The second-order valence-corrected chi connectivity index (χ2v) is 2.70. The second-order valence-electron chi connectivity index (χ2n) is 2.70. The summed E-state index contributed by atoms with van der Waals surface area (Å²) in [4.78, 5) is 4.30. The van der Waals surface area contributed by atoms with E-state index in [0.29, 0.717) is 18.0 Å². The minimum atomic E-state index is 0.431. The van der Waals surface area contributed by atoms with Crippen LogP contribution in [0.4, 0.5) is 0 Å². The van der Waals surface area contributed by atoms with Crippen molar-refractivity contribution >= 4 is 6.21 Å². The van der Waals surface area contributed by atoms with Crippen LogP contribution in [0.2, 0.25) is 0 Å². The number of hydrogen-bond acceptors (Lipinski definition) is 2. The summed E-state index contributed by atoms with van der Waals surface area (Å²) in [5.74, 6) is 0.602. The third kappa shape index (κ3) is 0.590. The van der Waals surface area contributed by atoms with Gasteiger partial charge in [0.05, 0.1) is 12.1 Å². The molecule has 0 aromatic rings. The van der Waals surface area contributed by atoms with Crippen molar-refractivity contribution in [2.45, 2.75) is 19.0 Å². The lowest BCUT2D eigenvalue weighted by molar-refractivity contribution is 0.525. The zero-order chi connectivity index (χ0) is 6.27. The molecule has 2 rings (SSSR count). The van der Waals surface area contributed by atoms with E-state index in [0.717, 1.165) is 0 Å². The summed E-state index contributed by atoms with van der Waals surface area (Å²) in [5, 5.41) is 3.26. The molecule has 2 heterocycles. The first kappa shape index (κ1) is 5.03. The molecule has 0 aromatic heterocycles. The van der Waals surface area contributed by atoms with E-state index in [1.807, 2.05) is 12.4 Å². The molecule has 2 aliphatic heterocycles. The van der Waals surface area contributed by atoms with Crippen LogP contribution >= 0.6 is 0 Å². The molecule has 2 unspecified atom stereocenters. The highest BCUT2D eigenvalue weighted by molar-refractivity contribution is 5.65. The Labute approximate surface area is 54.7 Å². The van der Waals surface area contributed by atoms with Crippen molar-refractivity contribution in [2.75, 3.05) is 0 Å². The largest absolute Gasteiger partial charge is 0.385 e. The van der Waals surface area contributed by atoms with Gasteiger partial charge in [0.2, 0.25) is 0 Å². The van der Waals surface area contributed by atoms with Crippen LogP contribution in [0.1, 0.15) is 6.92 Å². The molecular formula is C7H10N2. The lowest BCUT2D eigenvalue weighted by Gasteiger charge is -2.12. The number of fused-ring (bicyclic) bond motifs is 1. The highest BCUT2D eigenvalue weighted by Crippen LogP contribution is 2.20. The van der Waals surface area contributed by atoms with Crippen molar-refractivity contribution < 1.29 is 0 Å². The lowest BCUT2D eigenvalue weighted by Crippen LogP contribution is -2.31. The van der Waals surface area contributed by atoms with E-state index >= 15 is 0 Å². The van der Waals surface area contributed by atoms with Crippen LogP contribution in [0, 0.1) is 5.92 Å². The van der Waals surface area contributed by atoms with E-state index in [2.05, 4.69) is 23.3 Å². The summed E-state index contributed by atoms with van der Waals surface area (Å²) in [6.45, 7) is 2.19. The smallest absolute Gasteiger partial charge is 0.0899 e. The zero-order valence-electron chi connectivity index (χ0n) is 5.41. The van der Waals surface area contributed by atoms with Gasteiger partial charge in [0, 0.05) is 12.1 Å². The fraction of sp³-hybridized carbons (Fsp3) is 0.571. The van der Waals surface area contributed by atoms with E-state index in [4.69, 9.17) is 0 Å². The monoisotopic (exact) mass is 122 g/mol. The minimum absolute atomic E-state index is 0.431. The molecule has 0 saturated heterocycles. The van der Waals surface area contributed by atoms with Crippen molar-refractivity contribution in [3.63, 3.8) is 0 Å². The van der Waals surface area contributed by atoms with Gasteiger partial charge in [0.15, 0.2) is 0 Å². The first-order chi connectivity index (χ1) is 4.38. The number of hydrogen-bond donors (Lipinski definition) is 1. The molecule has 0 radical (unpaired) electrons. The highest BCUT2D eigenvalue weighted by Gasteiger charge is 2.30. The number of nitrogens with one attached hydrogen (secondary N) is 1. The Morgan fingerprint density at radius 3 is 3.22 bits per heavy atom. The van der Waals surface area contributed by atoms with Crippen LogP contribution in [-0.2, 0) is 0 Å². The molecule has 2 aliphatic rings. The normalized spacial score (nSPS) is 45.2. The first-order valence-corrected chi connectivity index (χ1v) is 3.34. The maximum absolute atomic E-state index is 4.30. The maximum Gasteiger partial charge on any atom is 0.0899 e. The van der Waals surface area contributed by atoms with Crippen LogP contribution in [0.5, 0.6) is 0 Å². The number of nitrogens with zero attached hydrogens (tertiary/aromatic N) is 1. The molecular weight excluding hydrogens is 112 g/mol. The summed E-state index contributed by atoms with van der Waals surface area (Å²) in [6, 6.07) is 0.991. The Morgan fingerprint density at radius 1 is 1.56 bits per heavy atom. The van der Waals surface area contributed by atoms with Gasteiger partial charge in [-0.05, 0) is 12.3 Å². The molecule has 3 atom stereocenters. The van der Waals surface area contributed by atoms with Gasteiger partial charge >= 0.3 is 0 Å². The van der Waals surface area contributed by atoms with Gasteiger partial charge in [-0.3, -0.25) is 4.99 Å². The van der Waals surface area contributed by atoms with Crippen LogP contribution in [-0.4, -0.2) is 18.3 Å². The van der Waals surface area contributed by atoms with Crippen molar-refractivity contribution in [3.8, 4) is 0 Å². The van der Waals surface area contributed by atoms with Crippen LogP contribution in [0.25, 0.3) is 0 Å². The Bertz CT molecular complexity index is 172. The zero-order valence-corrected chi connectivity index (χ0v) is 5.41. The molecule has 0 bridgehead atoms. The molecule has 0 spiro atoms. The van der Waals surface area contributed by atoms with Gasteiger partial charge in [-0.15, -0.1) is 0 Å². The molecule has 0 fully saturated rings. The first-order valence-electron chi connectivity index (χ1n) is 3.34. The third-order valence-electron chi connectivity index (χ3n) is 2.01. The fourth-order valence-corrected chi connectivity index (χ4v) is 1.42. The Morgan fingerprint density at radius 2 is 2.44 bits per heavy atom. The SMILES string of the molecule is C[C@H]1C=NC2C=CNC21. The van der Waals surface area contributed by atoms with Gasteiger partial charge in [-0.1, -0.05) is 6.92 Å². The van der Waals surface area contributed by atoms with E-state index < -0.39 is 0 Å². The molecule has 0 aliphatic carbocycles. The van der Waals surface area contributed by atoms with Crippen molar-refractivity contribution in [1.82, 2.24) is 5.32 Å². The third-order valence-corrected chi connectivity index (χ3v) is 2.01. The van der Waals surface area contributed by atoms with Crippen LogP contribution < -0.4 is 5.32 Å². The van der Waals surface area contributed by atoms with E-state index in [1.54, 1.807) is 0 Å². The fourth-order valence-electron chi connectivity index (χ4n) is 1.42. The summed E-state index contributed by atoms with van der Waals surface area (Å²) < 4.78 is 0. The number of aliphatic imine (C=N–C) groups is 1. The summed E-state index contributed by atoms with van der Waals surface area (Å²) in [6.07, 6.45) is 6.15. The minimum Gasteiger partial charge on any atom is -0.385 e. The summed E-state index contributed by atoms with van der Waals surface area (Å²) >= 11 is 0. The summed E-state index contributed by atoms with van der Waals surface area (Å²) in [5.41, 5.74) is 0. The predicted octanol–water partition coefficient (Wildman–Crippen LogP) is 0.561. The van der Waals surface area contributed by atoms with Gasteiger partial charge in [0.25, 0.3) is 0 Å². The van der Waals surface area contributed by atoms with E-state index in [9.17, 15) is 0 Å². The molecule has 48 valence electrons. The highest BCUT2D eigenvalue weighted by atomic mass is 15.0. The second kappa shape index (κ2) is 1.59. The topological polar surface area (TPSA) is 24.4 Å². The Balaban J connectivity index is 2.22. The average molecular weight is 122 g/mol. The molecule has 0 saturated carbocycles. The quantitative estimate of drug-likeness (QED) is 0.499. The standard InChI is InChI=1S/C7H10N2/c1-5-4-9-6-2-3-8-7(5)6/h2-8H,1H3/t5-,6?,7?/m0/s1. The van der Waals surface area contributed by atoms with Crippen molar-refractivity contribution in [2.24, 2.45) is 10.9 Å². The lowest BCUT2D eigenvalue weighted by atomic mass is 10.0. The molecule has 0 amide bonds. The van der Waals surface area contributed by atoms with Gasteiger partial charge in [0.1, 0.15) is 0 Å². The molecule has 0 aromatic carbocycles. The van der Waals surface area contributed by atoms with Gasteiger partial charge in [-0.2, -0.15) is 0 Å². The Kier molecular flexibility index (Phi) is 0.891.